The van der Waals surface area contributed by atoms with Gasteiger partial charge < -0.3 is 5.73 Å². The Morgan fingerprint density at radius 2 is 1.82 bits per heavy atom. The standard InChI is InChI=1S/C14H17N3/c15-13-10-17(12-8-4-5-9-12)16-14(13)11-6-2-1-3-7-11/h1-3,6-7,10,12H,4-5,8-9,15H2. The van der Waals surface area contributed by atoms with Crippen molar-refractivity contribution in [2.75, 3.05) is 5.73 Å². The summed E-state index contributed by atoms with van der Waals surface area (Å²) >= 11 is 0. The van der Waals surface area contributed by atoms with Crippen molar-refractivity contribution in [3.63, 3.8) is 0 Å². The van der Waals surface area contributed by atoms with Gasteiger partial charge in [-0.3, -0.25) is 4.68 Å². The van der Waals surface area contributed by atoms with Crippen molar-refractivity contribution in [2.45, 2.75) is 31.7 Å². The third-order valence-electron chi connectivity index (χ3n) is 3.51. The van der Waals surface area contributed by atoms with Crippen molar-refractivity contribution >= 4 is 5.69 Å². The highest BCUT2D eigenvalue weighted by Gasteiger charge is 2.19. The average molecular weight is 227 g/mol. The minimum atomic E-state index is 0.551. The van der Waals surface area contributed by atoms with Crippen molar-refractivity contribution in [1.82, 2.24) is 9.78 Å². The Morgan fingerprint density at radius 1 is 1.12 bits per heavy atom. The van der Waals surface area contributed by atoms with Crippen LogP contribution in [0.2, 0.25) is 0 Å². The number of benzene rings is 1. The Balaban J connectivity index is 1.96. The van der Waals surface area contributed by atoms with Crippen LogP contribution in [-0.4, -0.2) is 9.78 Å². The number of nitrogens with zero attached hydrogens (tertiary/aromatic N) is 2. The fourth-order valence-corrected chi connectivity index (χ4v) is 2.58. The molecule has 3 rings (SSSR count). The Bertz CT molecular complexity index is 495. The predicted octanol–water partition coefficient (Wildman–Crippen LogP) is 3.25. The molecule has 2 N–H and O–H groups in total. The van der Waals surface area contributed by atoms with Crippen molar-refractivity contribution in [3.8, 4) is 11.3 Å². The molecule has 0 radical (unpaired) electrons. The number of hydrogen-bond donors (Lipinski definition) is 1. The van der Waals surface area contributed by atoms with Crippen LogP contribution in [0.1, 0.15) is 31.7 Å². The van der Waals surface area contributed by atoms with Crippen LogP contribution in [0.3, 0.4) is 0 Å². The normalized spacial score (nSPS) is 16.5. The summed E-state index contributed by atoms with van der Waals surface area (Å²) in [6, 6.07) is 10.7. The molecule has 88 valence electrons. The Hall–Kier alpha value is -1.77. The summed E-state index contributed by atoms with van der Waals surface area (Å²) in [5.74, 6) is 0. The van der Waals surface area contributed by atoms with Crippen LogP contribution in [0, 0.1) is 0 Å². The number of rotatable bonds is 2. The maximum absolute atomic E-state index is 6.06. The second kappa shape index (κ2) is 4.24. The lowest BCUT2D eigenvalue weighted by Gasteiger charge is -2.08. The third kappa shape index (κ3) is 1.93. The first-order valence-electron chi connectivity index (χ1n) is 6.24. The summed E-state index contributed by atoms with van der Waals surface area (Å²) in [6.07, 6.45) is 7.07. The van der Waals surface area contributed by atoms with Crippen molar-refractivity contribution in [1.29, 1.82) is 0 Å². The number of nitrogen functional groups attached to an aromatic ring is 1. The number of anilines is 1. The molecule has 0 atom stereocenters. The van der Waals surface area contributed by atoms with E-state index in [2.05, 4.69) is 21.9 Å². The first-order chi connectivity index (χ1) is 8.34. The monoisotopic (exact) mass is 227 g/mol. The van der Waals surface area contributed by atoms with E-state index in [1.54, 1.807) is 0 Å². The summed E-state index contributed by atoms with van der Waals surface area (Å²) in [7, 11) is 0. The van der Waals surface area contributed by atoms with Crippen LogP contribution in [0.4, 0.5) is 5.69 Å². The van der Waals surface area contributed by atoms with Crippen LogP contribution in [0.15, 0.2) is 36.5 Å². The van der Waals surface area contributed by atoms with Crippen LogP contribution in [0.25, 0.3) is 11.3 Å². The Kier molecular flexibility index (Phi) is 2.59. The van der Waals surface area contributed by atoms with Gasteiger partial charge in [0, 0.05) is 11.8 Å². The Morgan fingerprint density at radius 3 is 2.53 bits per heavy atom. The smallest absolute Gasteiger partial charge is 0.115 e. The first-order valence-corrected chi connectivity index (χ1v) is 6.24. The van der Waals surface area contributed by atoms with Crippen molar-refractivity contribution in [3.05, 3.63) is 36.5 Å². The maximum atomic E-state index is 6.06. The van der Waals surface area contributed by atoms with E-state index in [-0.39, 0.29) is 0 Å². The molecule has 1 fully saturated rings. The van der Waals surface area contributed by atoms with Gasteiger partial charge in [0.25, 0.3) is 0 Å². The van der Waals surface area contributed by atoms with Crippen LogP contribution >= 0.6 is 0 Å². The molecule has 1 aromatic heterocycles. The molecule has 3 nitrogen and oxygen atoms in total. The lowest BCUT2D eigenvalue weighted by Crippen LogP contribution is -2.04. The van der Waals surface area contributed by atoms with E-state index in [1.165, 1.54) is 25.7 Å². The lowest BCUT2D eigenvalue weighted by molar-refractivity contribution is 0.468. The minimum absolute atomic E-state index is 0.551. The average Bonchev–Trinajstić information content (AvgIpc) is 2.99. The minimum Gasteiger partial charge on any atom is -0.396 e. The van der Waals surface area contributed by atoms with Gasteiger partial charge in [-0.2, -0.15) is 5.10 Å². The van der Waals surface area contributed by atoms with Crippen LogP contribution in [0.5, 0.6) is 0 Å². The molecule has 1 heterocycles. The molecule has 2 aromatic rings. The van der Waals surface area contributed by atoms with E-state index in [4.69, 9.17) is 5.73 Å². The fourth-order valence-electron chi connectivity index (χ4n) is 2.58. The third-order valence-corrected chi connectivity index (χ3v) is 3.51. The fraction of sp³-hybridized carbons (Fsp3) is 0.357. The molecule has 1 aliphatic carbocycles. The van der Waals surface area contributed by atoms with Gasteiger partial charge >= 0.3 is 0 Å². The summed E-state index contributed by atoms with van der Waals surface area (Å²) in [5, 5.41) is 4.65. The van der Waals surface area contributed by atoms with Gasteiger partial charge in [0.1, 0.15) is 5.69 Å². The molecule has 3 heteroatoms. The summed E-state index contributed by atoms with van der Waals surface area (Å²) in [4.78, 5) is 0. The van der Waals surface area contributed by atoms with Gasteiger partial charge in [-0.1, -0.05) is 43.2 Å². The molecular weight excluding hydrogens is 210 g/mol. The lowest BCUT2D eigenvalue weighted by atomic mass is 10.1. The highest BCUT2D eigenvalue weighted by molar-refractivity contribution is 5.71. The van der Waals surface area contributed by atoms with E-state index in [0.29, 0.717) is 6.04 Å². The van der Waals surface area contributed by atoms with Gasteiger partial charge in [-0.25, -0.2) is 0 Å². The van der Waals surface area contributed by atoms with Gasteiger partial charge in [-0.05, 0) is 12.8 Å². The van der Waals surface area contributed by atoms with Gasteiger partial charge in [0.05, 0.1) is 11.7 Å². The van der Waals surface area contributed by atoms with E-state index in [9.17, 15) is 0 Å². The molecule has 0 spiro atoms. The summed E-state index contributed by atoms with van der Waals surface area (Å²) < 4.78 is 2.06. The number of aromatic nitrogens is 2. The van der Waals surface area contributed by atoms with Crippen molar-refractivity contribution < 1.29 is 0 Å². The summed E-state index contributed by atoms with van der Waals surface area (Å²) in [6.45, 7) is 0. The highest BCUT2D eigenvalue weighted by atomic mass is 15.3. The molecule has 1 saturated carbocycles. The predicted molar refractivity (Wildman–Crippen MR) is 69.6 cm³/mol. The van der Waals surface area contributed by atoms with E-state index >= 15 is 0 Å². The quantitative estimate of drug-likeness (QED) is 0.855. The molecule has 0 unspecified atom stereocenters. The molecule has 0 bridgehead atoms. The van der Waals surface area contributed by atoms with Gasteiger partial charge in [0.15, 0.2) is 0 Å². The zero-order valence-corrected chi connectivity index (χ0v) is 9.84. The molecule has 1 aromatic carbocycles. The SMILES string of the molecule is Nc1cn(C2CCCC2)nc1-c1ccccc1. The van der Waals surface area contributed by atoms with E-state index < -0.39 is 0 Å². The second-order valence-corrected chi connectivity index (χ2v) is 4.72. The zero-order chi connectivity index (χ0) is 11.7. The van der Waals surface area contributed by atoms with Gasteiger partial charge in [0.2, 0.25) is 0 Å². The molecule has 0 saturated heterocycles. The van der Waals surface area contributed by atoms with E-state index in [0.717, 1.165) is 16.9 Å². The highest BCUT2D eigenvalue weighted by Crippen LogP contribution is 2.32. The molecule has 17 heavy (non-hydrogen) atoms. The van der Waals surface area contributed by atoms with Crippen LogP contribution in [-0.2, 0) is 0 Å². The molecule has 1 aliphatic rings. The van der Waals surface area contributed by atoms with E-state index in [1.807, 2.05) is 24.4 Å². The molecule has 0 amide bonds. The molecular formula is C14H17N3. The maximum Gasteiger partial charge on any atom is 0.115 e. The molecule has 0 aliphatic heterocycles. The summed E-state index contributed by atoms with van der Waals surface area (Å²) in [5.41, 5.74) is 8.85. The van der Waals surface area contributed by atoms with Crippen LogP contribution < -0.4 is 5.73 Å². The number of nitrogens with two attached hydrogens (primary N) is 1. The Labute approximate surface area is 101 Å². The first kappa shape index (κ1) is 10.4. The van der Waals surface area contributed by atoms with Gasteiger partial charge in [-0.15, -0.1) is 0 Å². The van der Waals surface area contributed by atoms with Crippen molar-refractivity contribution in [2.24, 2.45) is 0 Å². The largest absolute Gasteiger partial charge is 0.396 e. The zero-order valence-electron chi connectivity index (χ0n) is 9.84. The second-order valence-electron chi connectivity index (χ2n) is 4.72. The number of hydrogen-bond acceptors (Lipinski definition) is 2. The topological polar surface area (TPSA) is 43.8 Å².